The lowest BCUT2D eigenvalue weighted by molar-refractivity contribution is -0.142. The van der Waals surface area contributed by atoms with E-state index in [9.17, 15) is 15.2 Å². The maximum absolute atomic E-state index is 12.5. The largest absolute Gasteiger partial charge is 0.383 e. The van der Waals surface area contributed by atoms with Crippen LogP contribution in [0.4, 0.5) is 5.82 Å². The molecule has 1 aliphatic rings. The summed E-state index contributed by atoms with van der Waals surface area (Å²) < 4.78 is 3.47. The van der Waals surface area contributed by atoms with Crippen molar-refractivity contribution in [3.05, 3.63) is 54.7 Å². The van der Waals surface area contributed by atoms with E-state index < -0.39 is 6.10 Å². The minimum Gasteiger partial charge on any atom is -0.383 e. The lowest BCUT2D eigenvalue weighted by Crippen LogP contribution is -2.52. The third kappa shape index (κ3) is 4.29. The molecule has 1 N–H and O–H groups in total. The number of carbonyl (C=O) groups excluding carboxylic acids is 1. The molecule has 1 saturated heterocycles. The summed E-state index contributed by atoms with van der Waals surface area (Å²) in [4.78, 5) is 21.0. The van der Waals surface area contributed by atoms with E-state index in [1.54, 1.807) is 26.5 Å². The second kappa shape index (κ2) is 9.43. The first-order valence-electron chi connectivity index (χ1n) is 11.9. The van der Waals surface area contributed by atoms with Crippen LogP contribution in [-0.2, 0) is 11.8 Å². The first-order chi connectivity index (χ1) is 17.4. The van der Waals surface area contributed by atoms with Crippen molar-refractivity contribution in [1.82, 2.24) is 29.3 Å². The standard InChI is InChI=1S/C26H28N8O2/c1-17(2)25(35)26(36)33-8-6-32(7-9-33)23-5-4-18(12-28-23)22-10-19(21-14-29-31(3)15-21)16-34-24(22)20(11-27)13-30-34/h4-5,10,12-17,25,35H,6-9H2,1-3H3. The number of nitriles is 1. The number of aliphatic hydroxyl groups is 1. The number of amides is 1. The van der Waals surface area contributed by atoms with Crippen LogP contribution in [0.1, 0.15) is 19.4 Å². The van der Waals surface area contributed by atoms with E-state index in [1.165, 1.54) is 0 Å². The zero-order chi connectivity index (χ0) is 25.4. The third-order valence-electron chi connectivity index (χ3n) is 6.63. The number of carbonyl (C=O) groups is 1. The molecular formula is C26H28N8O2. The van der Waals surface area contributed by atoms with Gasteiger partial charge in [0.1, 0.15) is 18.0 Å². The van der Waals surface area contributed by atoms with Gasteiger partial charge in [-0.1, -0.05) is 13.8 Å². The van der Waals surface area contributed by atoms with Gasteiger partial charge in [-0.3, -0.25) is 9.48 Å². The van der Waals surface area contributed by atoms with E-state index in [-0.39, 0.29) is 11.8 Å². The maximum Gasteiger partial charge on any atom is 0.251 e. The number of rotatable bonds is 5. The second-order valence-electron chi connectivity index (χ2n) is 9.41. The molecular weight excluding hydrogens is 456 g/mol. The van der Waals surface area contributed by atoms with Gasteiger partial charge >= 0.3 is 0 Å². The molecule has 4 aromatic heterocycles. The number of aromatic nitrogens is 5. The molecule has 36 heavy (non-hydrogen) atoms. The van der Waals surface area contributed by atoms with Gasteiger partial charge in [-0.2, -0.15) is 15.5 Å². The normalized spacial score (nSPS) is 14.9. The van der Waals surface area contributed by atoms with Gasteiger partial charge in [0.25, 0.3) is 5.91 Å². The van der Waals surface area contributed by atoms with Gasteiger partial charge in [0.05, 0.1) is 23.5 Å². The van der Waals surface area contributed by atoms with E-state index in [1.807, 2.05) is 57.7 Å². The van der Waals surface area contributed by atoms with Crippen LogP contribution in [0.15, 0.2) is 49.2 Å². The number of fused-ring (bicyclic) bond motifs is 1. The van der Waals surface area contributed by atoms with Crippen LogP contribution in [0.25, 0.3) is 27.8 Å². The molecule has 0 aliphatic carbocycles. The summed E-state index contributed by atoms with van der Waals surface area (Å²) in [5.74, 6) is 0.508. The minimum absolute atomic E-state index is 0.106. The Morgan fingerprint density at radius 2 is 1.81 bits per heavy atom. The first kappa shape index (κ1) is 23.5. The molecule has 4 aromatic rings. The molecule has 10 heteroatoms. The Kier molecular flexibility index (Phi) is 6.16. The fourth-order valence-corrected chi connectivity index (χ4v) is 4.51. The lowest BCUT2D eigenvalue weighted by Gasteiger charge is -2.36. The molecule has 0 bridgehead atoms. The van der Waals surface area contributed by atoms with Gasteiger partial charge in [0.2, 0.25) is 0 Å². The molecule has 1 unspecified atom stereocenters. The Hall–Kier alpha value is -4.23. The molecule has 1 atom stereocenters. The summed E-state index contributed by atoms with van der Waals surface area (Å²) in [7, 11) is 1.87. The van der Waals surface area contributed by atoms with Gasteiger partial charge in [-0.05, 0) is 24.1 Å². The van der Waals surface area contributed by atoms with Crippen molar-refractivity contribution in [2.45, 2.75) is 20.0 Å². The molecule has 0 radical (unpaired) electrons. The first-order valence-corrected chi connectivity index (χ1v) is 11.9. The summed E-state index contributed by atoms with van der Waals surface area (Å²) in [6.45, 7) is 6.06. The van der Waals surface area contributed by atoms with Crippen LogP contribution in [0.2, 0.25) is 0 Å². The number of aliphatic hydroxyl groups excluding tert-OH is 1. The Morgan fingerprint density at radius 1 is 1.03 bits per heavy atom. The van der Waals surface area contributed by atoms with Crippen molar-refractivity contribution >= 4 is 17.2 Å². The van der Waals surface area contributed by atoms with Crippen molar-refractivity contribution < 1.29 is 9.90 Å². The van der Waals surface area contributed by atoms with E-state index in [4.69, 9.17) is 4.98 Å². The SMILES string of the molecule is CC(C)C(O)C(=O)N1CCN(c2ccc(-c3cc(-c4cnn(C)c4)cn4ncc(C#N)c34)cn2)CC1. The molecule has 1 fully saturated rings. The third-order valence-corrected chi connectivity index (χ3v) is 6.63. The lowest BCUT2D eigenvalue weighted by atomic mass is 10.0. The Morgan fingerprint density at radius 3 is 2.42 bits per heavy atom. The molecule has 0 saturated carbocycles. The summed E-state index contributed by atoms with van der Waals surface area (Å²) in [6, 6.07) is 8.24. The maximum atomic E-state index is 12.5. The van der Waals surface area contributed by atoms with E-state index in [0.29, 0.717) is 31.7 Å². The number of hydrogen-bond donors (Lipinski definition) is 1. The van der Waals surface area contributed by atoms with Gasteiger partial charge in [0.15, 0.2) is 0 Å². The van der Waals surface area contributed by atoms with E-state index >= 15 is 0 Å². The molecule has 184 valence electrons. The summed E-state index contributed by atoms with van der Waals surface area (Å²) in [5, 5.41) is 28.4. The number of anilines is 1. The van der Waals surface area contributed by atoms with Crippen LogP contribution in [-0.4, -0.2) is 72.6 Å². The summed E-state index contributed by atoms with van der Waals surface area (Å²) >= 11 is 0. The number of pyridine rings is 2. The van der Waals surface area contributed by atoms with Crippen molar-refractivity contribution in [2.24, 2.45) is 13.0 Å². The van der Waals surface area contributed by atoms with Gasteiger partial charge < -0.3 is 14.9 Å². The van der Waals surface area contributed by atoms with Crippen LogP contribution in [0.3, 0.4) is 0 Å². The highest BCUT2D eigenvalue weighted by atomic mass is 16.3. The van der Waals surface area contributed by atoms with Crippen molar-refractivity contribution in [2.75, 3.05) is 31.1 Å². The smallest absolute Gasteiger partial charge is 0.251 e. The van der Waals surface area contributed by atoms with Crippen LogP contribution < -0.4 is 4.90 Å². The molecule has 0 aromatic carbocycles. The Bertz CT molecular complexity index is 1440. The fourth-order valence-electron chi connectivity index (χ4n) is 4.51. The zero-order valence-electron chi connectivity index (χ0n) is 20.5. The molecule has 5 rings (SSSR count). The number of hydrogen-bond acceptors (Lipinski definition) is 7. The van der Waals surface area contributed by atoms with Crippen molar-refractivity contribution in [3.8, 4) is 28.3 Å². The van der Waals surface area contributed by atoms with Crippen LogP contribution in [0, 0.1) is 17.2 Å². The molecule has 10 nitrogen and oxygen atoms in total. The zero-order valence-corrected chi connectivity index (χ0v) is 20.5. The number of piperazine rings is 1. The highest BCUT2D eigenvalue weighted by molar-refractivity contribution is 5.87. The quantitative estimate of drug-likeness (QED) is 0.462. The van der Waals surface area contributed by atoms with Crippen molar-refractivity contribution in [3.63, 3.8) is 0 Å². The number of aryl methyl sites for hydroxylation is 1. The van der Waals surface area contributed by atoms with E-state index in [2.05, 4.69) is 21.2 Å². The van der Waals surface area contributed by atoms with Gasteiger partial charge in [-0.15, -0.1) is 0 Å². The number of nitrogens with zero attached hydrogens (tertiary/aromatic N) is 8. The fraction of sp³-hybridized carbons (Fsp3) is 0.346. The highest BCUT2D eigenvalue weighted by Crippen LogP contribution is 2.32. The Labute approximate surface area is 209 Å². The van der Waals surface area contributed by atoms with E-state index in [0.717, 1.165) is 33.6 Å². The monoisotopic (exact) mass is 484 g/mol. The van der Waals surface area contributed by atoms with Crippen LogP contribution >= 0.6 is 0 Å². The predicted octanol–water partition coefficient (Wildman–Crippen LogP) is 2.33. The molecule has 5 heterocycles. The summed E-state index contributed by atoms with van der Waals surface area (Å²) in [5.41, 5.74) is 4.86. The minimum atomic E-state index is -0.963. The van der Waals surface area contributed by atoms with Crippen molar-refractivity contribution in [1.29, 1.82) is 5.26 Å². The predicted molar refractivity (Wildman–Crippen MR) is 135 cm³/mol. The average molecular weight is 485 g/mol. The highest BCUT2D eigenvalue weighted by Gasteiger charge is 2.28. The Balaban J connectivity index is 1.41. The molecule has 1 amide bonds. The molecule has 0 spiro atoms. The summed E-state index contributed by atoms with van der Waals surface area (Å²) in [6.07, 6.45) is 8.05. The molecule has 1 aliphatic heterocycles. The van der Waals surface area contributed by atoms with Crippen LogP contribution in [0.5, 0.6) is 0 Å². The van der Waals surface area contributed by atoms with Gasteiger partial charge in [0, 0.05) is 74.1 Å². The second-order valence-corrected chi connectivity index (χ2v) is 9.41. The van der Waals surface area contributed by atoms with Gasteiger partial charge in [-0.25, -0.2) is 9.50 Å². The average Bonchev–Trinajstić information content (AvgIpc) is 3.53. The topological polar surface area (TPSA) is 116 Å².